The van der Waals surface area contributed by atoms with Crippen molar-refractivity contribution in [2.75, 3.05) is 13.7 Å². The second-order valence-corrected chi connectivity index (χ2v) is 3.01. The second kappa shape index (κ2) is 4.41. The van der Waals surface area contributed by atoms with Crippen molar-refractivity contribution in [3.63, 3.8) is 0 Å². The number of hydrogen-bond donors (Lipinski definition) is 2. The number of hydrogen-bond acceptors (Lipinski definition) is 4. The number of ether oxygens (including phenoxy) is 1. The van der Waals surface area contributed by atoms with Crippen LogP contribution in [0.25, 0.3) is 0 Å². The van der Waals surface area contributed by atoms with Crippen LogP contribution in [-0.2, 0) is 0 Å². The van der Waals surface area contributed by atoms with Crippen LogP contribution in [0.5, 0.6) is 5.88 Å². The molecule has 0 aromatic carbocycles. The van der Waals surface area contributed by atoms with Gasteiger partial charge in [-0.1, -0.05) is 11.6 Å². The first-order valence-electron chi connectivity index (χ1n) is 3.84. The van der Waals surface area contributed by atoms with Gasteiger partial charge in [-0.05, 0) is 11.6 Å². The summed E-state index contributed by atoms with van der Waals surface area (Å²) in [7, 11) is 1.51. The summed E-state index contributed by atoms with van der Waals surface area (Å²) in [5.41, 5.74) is 11.9. The van der Waals surface area contributed by atoms with Crippen LogP contribution in [0.1, 0.15) is 11.6 Å². The van der Waals surface area contributed by atoms with E-state index in [2.05, 4.69) is 4.98 Å². The van der Waals surface area contributed by atoms with Gasteiger partial charge in [0, 0.05) is 18.8 Å². The van der Waals surface area contributed by atoms with Gasteiger partial charge < -0.3 is 16.2 Å². The lowest BCUT2D eigenvalue weighted by Crippen LogP contribution is -2.20. The smallest absolute Gasteiger partial charge is 0.232 e. The van der Waals surface area contributed by atoms with Gasteiger partial charge in [0.15, 0.2) is 0 Å². The lowest BCUT2D eigenvalue weighted by Gasteiger charge is -2.09. The van der Waals surface area contributed by atoms with Crippen molar-refractivity contribution in [3.05, 3.63) is 22.8 Å². The van der Waals surface area contributed by atoms with Gasteiger partial charge >= 0.3 is 0 Å². The predicted octanol–water partition coefficient (Wildman–Crippen LogP) is 0.702. The molecule has 1 atom stereocenters. The molecular weight excluding hydrogens is 190 g/mol. The van der Waals surface area contributed by atoms with E-state index in [1.54, 1.807) is 12.3 Å². The van der Waals surface area contributed by atoms with Crippen molar-refractivity contribution in [2.24, 2.45) is 11.5 Å². The van der Waals surface area contributed by atoms with Crippen molar-refractivity contribution < 1.29 is 4.74 Å². The minimum atomic E-state index is -0.226. The summed E-state index contributed by atoms with van der Waals surface area (Å²) >= 11 is 5.85. The lowest BCUT2D eigenvalue weighted by atomic mass is 10.1. The van der Waals surface area contributed by atoms with Crippen LogP contribution in [0.4, 0.5) is 0 Å². The van der Waals surface area contributed by atoms with Gasteiger partial charge in [-0.3, -0.25) is 0 Å². The van der Waals surface area contributed by atoms with E-state index in [1.165, 1.54) is 7.11 Å². The molecule has 72 valence electrons. The van der Waals surface area contributed by atoms with Crippen LogP contribution in [0.15, 0.2) is 12.3 Å². The van der Waals surface area contributed by atoms with Crippen LogP contribution in [0.2, 0.25) is 5.02 Å². The molecule has 0 unspecified atom stereocenters. The van der Waals surface area contributed by atoms with E-state index in [0.29, 0.717) is 17.4 Å². The largest absolute Gasteiger partial charge is 0.480 e. The fourth-order valence-electron chi connectivity index (χ4n) is 0.929. The maximum Gasteiger partial charge on any atom is 0.232 e. The molecule has 0 spiro atoms. The summed E-state index contributed by atoms with van der Waals surface area (Å²) in [4.78, 5) is 3.98. The first-order valence-corrected chi connectivity index (χ1v) is 4.22. The highest BCUT2D eigenvalue weighted by molar-refractivity contribution is 6.31. The fraction of sp³-hybridized carbons (Fsp3) is 0.375. The van der Waals surface area contributed by atoms with Crippen LogP contribution < -0.4 is 16.2 Å². The van der Waals surface area contributed by atoms with Crippen LogP contribution in [0, 0.1) is 0 Å². The van der Waals surface area contributed by atoms with E-state index >= 15 is 0 Å². The van der Waals surface area contributed by atoms with Crippen molar-refractivity contribution in [1.29, 1.82) is 0 Å². The molecule has 0 fully saturated rings. The molecule has 0 aliphatic rings. The zero-order valence-corrected chi connectivity index (χ0v) is 8.08. The molecule has 1 rings (SSSR count). The second-order valence-electron chi connectivity index (χ2n) is 2.60. The van der Waals surface area contributed by atoms with Crippen molar-refractivity contribution in [2.45, 2.75) is 6.04 Å². The molecule has 5 heteroatoms. The summed E-state index contributed by atoms with van der Waals surface area (Å²) in [6.45, 7) is 0.365. The monoisotopic (exact) mass is 201 g/mol. The first-order chi connectivity index (χ1) is 6.19. The Morgan fingerprint density at radius 1 is 1.69 bits per heavy atom. The average Bonchev–Trinajstić information content (AvgIpc) is 2.16. The van der Waals surface area contributed by atoms with Crippen LogP contribution in [0.3, 0.4) is 0 Å². The van der Waals surface area contributed by atoms with E-state index in [1.807, 2.05) is 0 Å². The first kappa shape index (κ1) is 10.2. The van der Waals surface area contributed by atoms with E-state index in [0.717, 1.165) is 5.56 Å². The number of pyridine rings is 1. The Morgan fingerprint density at radius 3 is 2.85 bits per heavy atom. The molecule has 1 aromatic rings. The van der Waals surface area contributed by atoms with Crippen LogP contribution >= 0.6 is 11.6 Å². The van der Waals surface area contributed by atoms with E-state index in [9.17, 15) is 0 Å². The molecule has 13 heavy (non-hydrogen) atoms. The molecule has 1 heterocycles. The highest BCUT2D eigenvalue weighted by Gasteiger charge is 2.08. The number of nitrogens with two attached hydrogens (primary N) is 2. The molecular formula is C8H12ClN3O. The van der Waals surface area contributed by atoms with Crippen LogP contribution in [-0.4, -0.2) is 18.6 Å². The molecule has 0 radical (unpaired) electrons. The fourth-order valence-corrected chi connectivity index (χ4v) is 1.18. The van der Waals surface area contributed by atoms with Gasteiger partial charge in [0.25, 0.3) is 0 Å². The standard InChI is InChI=1S/C8H12ClN3O/c1-13-8-6(9)2-5(4-12-8)7(11)3-10/h2,4,7H,3,10-11H2,1H3/t7-/m0/s1. The predicted molar refractivity (Wildman–Crippen MR) is 51.8 cm³/mol. The Bertz CT molecular complexity index is 293. The molecule has 0 aliphatic carbocycles. The van der Waals surface area contributed by atoms with Crippen molar-refractivity contribution in [1.82, 2.24) is 4.98 Å². The zero-order chi connectivity index (χ0) is 9.84. The highest BCUT2D eigenvalue weighted by atomic mass is 35.5. The molecule has 4 N–H and O–H groups in total. The van der Waals surface area contributed by atoms with Gasteiger partial charge in [0.2, 0.25) is 5.88 Å². The van der Waals surface area contributed by atoms with E-state index < -0.39 is 0 Å². The summed E-state index contributed by atoms with van der Waals surface area (Å²) < 4.78 is 4.90. The Morgan fingerprint density at radius 2 is 2.38 bits per heavy atom. The normalized spacial score (nSPS) is 12.6. The summed E-state index contributed by atoms with van der Waals surface area (Å²) in [5.74, 6) is 0.398. The molecule has 0 aliphatic heterocycles. The molecule has 4 nitrogen and oxygen atoms in total. The zero-order valence-electron chi connectivity index (χ0n) is 7.33. The molecule has 0 bridgehead atoms. The topological polar surface area (TPSA) is 74.2 Å². The third-order valence-corrected chi connectivity index (χ3v) is 1.97. The van der Waals surface area contributed by atoms with Crippen molar-refractivity contribution >= 4 is 11.6 Å². The Hall–Kier alpha value is -0.840. The number of rotatable bonds is 3. The highest BCUT2D eigenvalue weighted by Crippen LogP contribution is 2.23. The Kier molecular flexibility index (Phi) is 3.48. The summed E-state index contributed by atoms with van der Waals surface area (Å²) in [6, 6.07) is 1.49. The van der Waals surface area contributed by atoms with E-state index in [-0.39, 0.29) is 6.04 Å². The van der Waals surface area contributed by atoms with Gasteiger partial charge in [-0.25, -0.2) is 4.98 Å². The number of aromatic nitrogens is 1. The van der Waals surface area contributed by atoms with Gasteiger partial charge in [-0.15, -0.1) is 0 Å². The third-order valence-electron chi connectivity index (χ3n) is 1.70. The van der Waals surface area contributed by atoms with E-state index in [4.69, 9.17) is 27.8 Å². The third kappa shape index (κ3) is 2.30. The van der Waals surface area contributed by atoms with Gasteiger partial charge in [0.1, 0.15) is 5.02 Å². The molecule has 0 saturated carbocycles. The Labute approximate surface area is 81.8 Å². The average molecular weight is 202 g/mol. The number of methoxy groups -OCH3 is 1. The maximum atomic E-state index is 5.85. The molecule has 1 aromatic heterocycles. The minimum Gasteiger partial charge on any atom is -0.480 e. The quantitative estimate of drug-likeness (QED) is 0.755. The van der Waals surface area contributed by atoms with Gasteiger partial charge in [-0.2, -0.15) is 0 Å². The van der Waals surface area contributed by atoms with Crippen molar-refractivity contribution in [3.8, 4) is 5.88 Å². The maximum absolute atomic E-state index is 5.85. The lowest BCUT2D eigenvalue weighted by molar-refractivity contribution is 0.397. The van der Waals surface area contributed by atoms with Gasteiger partial charge in [0.05, 0.1) is 7.11 Å². The number of nitrogens with zero attached hydrogens (tertiary/aromatic N) is 1. The minimum absolute atomic E-state index is 0.226. The molecule has 0 saturated heterocycles. The SMILES string of the molecule is COc1ncc([C@@H](N)CN)cc1Cl. The Balaban J connectivity index is 2.95. The summed E-state index contributed by atoms with van der Waals surface area (Å²) in [5, 5.41) is 0.448. The number of halogens is 1. The summed E-state index contributed by atoms with van der Waals surface area (Å²) in [6.07, 6.45) is 1.61. The molecule has 0 amide bonds.